The molecule has 0 aromatic heterocycles. The number of aliphatic hydroxyl groups is 5. The number of aliphatic imine (C=N–C) groups is 2. The molecule has 1 saturated heterocycles. The van der Waals surface area contributed by atoms with Crippen molar-refractivity contribution in [3.8, 4) is 11.5 Å². The Labute approximate surface area is 336 Å². The molecule has 3 aromatic carbocycles. The van der Waals surface area contributed by atoms with Gasteiger partial charge >= 0.3 is 0 Å². The molecule has 59 heavy (non-hydrogen) atoms. The normalized spacial score (nSPS) is 28.0. The van der Waals surface area contributed by atoms with E-state index in [1.807, 2.05) is 6.07 Å². The predicted molar refractivity (Wildman–Crippen MR) is 204 cm³/mol. The number of aldehydes is 1. The maximum absolute atomic E-state index is 14.5. The average Bonchev–Trinajstić information content (AvgIpc) is 3.65. The van der Waals surface area contributed by atoms with Gasteiger partial charge in [0.15, 0.2) is 29.7 Å². The van der Waals surface area contributed by atoms with E-state index in [4.69, 9.17) is 24.4 Å². The van der Waals surface area contributed by atoms with Gasteiger partial charge in [-0.3, -0.25) is 25.1 Å². The molecule has 8 N–H and O–H groups in total. The second-order valence-corrected chi connectivity index (χ2v) is 14.9. The SMILES string of the molecule is N=C1N=C2C(=NC[NH+]2c2ccccc2C2c3cc4c(c(OCC(O)CC=O)c3OC3OC(COCC2CCCO)C(O)C(O)C3O)C(=O)c2ccccc2C4=O)C(=O)N1. The number of ketones is 2. The van der Waals surface area contributed by atoms with Gasteiger partial charge in [0, 0.05) is 46.8 Å². The summed E-state index contributed by atoms with van der Waals surface area (Å²) in [6, 6.07) is 14.9. The highest BCUT2D eigenvalue weighted by Gasteiger charge is 2.49. The average molecular weight is 813 g/mol. The molecule has 0 saturated carbocycles. The first-order valence-corrected chi connectivity index (χ1v) is 19.2. The van der Waals surface area contributed by atoms with E-state index >= 15 is 0 Å². The fourth-order valence-electron chi connectivity index (χ4n) is 8.36. The van der Waals surface area contributed by atoms with Gasteiger partial charge < -0.3 is 49.3 Å². The van der Waals surface area contributed by atoms with E-state index in [2.05, 4.69) is 15.3 Å². The number of rotatable bonds is 10. The van der Waals surface area contributed by atoms with Gasteiger partial charge in [-0.15, -0.1) is 0 Å². The van der Waals surface area contributed by atoms with Crippen molar-refractivity contribution in [2.75, 3.05) is 33.1 Å². The van der Waals surface area contributed by atoms with Gasteiger partial charge in [0.05, 0.1) is 24.9 Å². The van der Waals surface area contributed by atoms with Crippen LogP contribution in [0.25, 0.3) is 0 Å². The monoisotopic (exact) mass is 812 g/mol. The molecule has 18 nitrogen and oxygen atoms in total. The van der Waals surface area contributed by atoms with Gasteiger partial charge in [0.2, 0.25) is 18.0 Å². The quantitative estimate of drug-likeness (QED) is 0.0887. The topological polar surface area (TPSA) is 271 Å². The van der Waals surface area contributed by atoms with Crippen LogP contribution in [0.3, 0.4) is 0 Å². The number of ether oxygens (including phenoxy) is 4. The third kappa shape index (κ3) is 7.27. The summed E-state index contributed by atoms with van der Waals surface area (Å²) in [6.07, 6.45) is -8.80. The number of quaternary nitrogens is 1. The number of carbonyl (C=O) groups is 4. The molecule has 18 heteroatoms. The summed E-state index contributed by atoms with van der Waals surface area (Å²) in [5.41, 5.74) is 1.29. The Hall–Kier alpha value is -5.57. The molecular weight excluding hydrogens is 770 g/mol. The van der Waals surface area contributed by atoms with E-state index in [-0.39, 0.29) is 96.2 Å². The van der Waals surface area contributed by atoms with Crippen molar-refractivity contribution in [2.45, 2.75) is 62.0 Å². The Balaban J connectivity index is 1.42. The second-order valence-electron chi connectivity index (χ2n) is 14.9. The van der Waals surface area contributed by atoms with Gasteiger partial charge in [-0.1, -0.05) is 42.5 Å². The number of aliphatic hydroxyl groups excluding tert-OH is 5. The minimum absolute atomic E-state index is 0.0241. The first-order chi connectivity index (χ1) is 28.5. The van der Waals surface area contributed by atoms with E-state index < -0.39 is 72.7 Å². The fraction of sp³-hybridized carbons (Fsp3) is 0.390. The maximum Gasteiger partial charge on any atom is 0.284 e. The van der Waals surface area contributed by atoms with Crippen LogP contribution in [0.1, 0.15) is 68.2 Å². The van der Waals surface area contributed by atoms with Gasteiger partial charge in [0.25, 0.3) is 11.7 Å². The molecule has 9 unspecified atom stereocenters. The van der Waals surface area contributed by atoms with Gasteiger partial charge in [-0.2, -0.15) is 4.99 Å². The van der Waals surface area contributed by atoms with Crippen molar-refractivity contribution in [3.05, 3.63) is 88.0 Å². The maximum atomic E-state index is 14.5. The van der Waals surface area contributed by atoms with Crippen LogP contribution in [-0.2, 0) is 19.1 Å². The van der Waals surface area contributed by atoms with E-state index in [1.165, 1.54) is 18.2 Å². The van der Waals surface area contributed by atoms with E-state index in [9.17, 15) is 44.7 Å². The minimum atomic E-state index is -1.86. The zero-order valence-electron chi connectivity index (χ0n) is 31.4. The molecule has 8 rings (SSSR count). The van der Waals surface area contributed by atoms with Gasteiger partial charge in [-0.25, -0.2) is 9.89 Å². The Bertz CT molecular complexity index is 2280. The Morgan fingerprint density at radius 2 is 1.71 bits per heavy atom. The van der Waals surface area contributed by atoms with Crippen molar-refractivity contribution in [2.24, 2.45) is 15.9 Å². The number of hydrogen-bond donors (Lipinski definition) is 8. The minimum Gasteiger partial charge on any atom is -0.486 e. The van der Waals surface area contributed by atoms with Crippen LogP contribution < -0.4 is 19.7 Å². The smallest absolute Gasteiger partial charge is 0.284 e. The predicted octanol–water partition coefficient (Wildman–Crippen LogP) is -1.08. The number of nitrogens with zero attached hydrogens (tertiary/aromatic N) is 2. The lowest BCUT2D eigenvalue weighted by molar-refractivity contribution is -0.723. The molecule has 1 aliphatic carbocycles. The zero-order valence-corrected chi connectivity index (χ0v) is 31.4. The van der Waals surface area contributed by atoms with Crippen LogP contribution >= 0.6 is 0 Å². The summed E-state index contributed by atoms with van der Waals surface area (Å²) in [4.78, 5) is 62.6. The van der Waals surface area contributed by atoms with Crippen molar-refractivity contribution < 1.29 is 68.6 Å². The molecule has 0 radical (unpaired) electrons. The van der Waals surface area contributed by atoms with Gasteiger partial charge in [-0.05, 0) is 30.9 Å². The van der Waals surface area contributed by atoms with Crippen molar-refractivity contribution >= 4 is 47.0 Å². The highest BCUT2D eigenvalue weighted by Crippen LogP contribution is 2.50. The van der Waals surface area contributed by atoms with Crippen LogP contribution in [0.5, 0.6) is 11.5 Å². The van der Waals surface area contributed by atoms with Crippen LogP contribution in [0, 0.1) is 11.3 Å². The number of benzene rings is 3. The number of guanidine groups is 1. The number of fused-ring (bicyclic) bond motifs is 6. The lowest BCUT2D eigenvalue weighted by Gasteiger charge is -2.40. The van der Waals surface area contributed by atoms with Crippen molar-refractivity contribution in [1.29, 1.82) is 5.41 Å². The molecule has 5 aliphatic rings. The Morgan fingerprint density at radius 1 is 0.966 bits per heavy atom. The van der Waals surface area contributed by atoms with Crippen LogP contribution in [0.4, 0.5) is 5.69 Å². The second kappa shape index (κ2) is 16.6. The Morgan fingerprint density at radius 3 is 2.47 bits per heavy atom. The van der Waals surface area contributed by atoms with Crippen LogP contribution in [0.15, 0.2) is 64.6 Å². The summed E-state index contributed by atoms with van der Waals surface area (Å²) in [7, 11) is 0. The largest absolute Gasteiger partial charge is 0.486 e. The lowest BCUT2D eigenvalue weighted by Crippen LogP contribution is -3.09. The highest BCUT2D eigenvalue weighted by atomic mass is 16.7. The third-order valence-corrected chi connectivity index (χ3v) is 11.2. The van der Waals surface area contributed by atoms with E-state index in [0.717, 1.165) is 0 Å². The summed E-state index contributed by atoms with van der Waals surface area (Å²) in [6.45, 7) is -1.05. The molecule has 1 amide bonds. The number of carbonyl (C=O) groups excluding carboxylic acids is 4. The highest BCUT2D eigenvalue weighted by molar-refractivity contribution is 6.68. The number of hydrogen-bond acceptors (Lipinski definition) is 15. The first kappa shape index (κ1) is 40.2. The Kier molecular flexibility index (Phi) is 11.3. The molecule has 3 aromatic rings. The van der Waals surface area contributed by atoms with Crippen molar-refractivity contribution in [1.82, 2.24) is 5.32 Å². The summed E-state index contributed by atoms with van der Waals surface area (Å²) < 4.78 is 25.1. The first-order valence-electron chi connectivity index (χ1n) is 19.2. The molecular formula is C41H42N5O13+. The van der Waals surface area contributed by atoms with E-state index in [0.29, 0.717) is 28.9 Å². The van der Waals surface area contributed by atoms with Crippen LogP contribution in [0.2, 0.25) is 0 Å². The molecule has 2 bridgehead atoms. The molecule has 4 aliphatic heterocycles. The molecule has 4 heterocycles. The van der Waals surface area contributed by atoms with E-state index in [1.54, 1.807) is 30.3 Å². The summed E-state index contributed by atoms with van der Waals surface area (Å²) in [5.74, 6) is -3.91. The standard InChI is InChI=1S/C41H41N5O13/c42-41-44-38-30(39(55)45-41)43-18-46(38)26-10-4-3-9-23(26)28-19(6-5-12-47)15-56-17-27-33(52)34(53)35(54)40(58-27)59-36-25(28)14-24-29(37(36)57-16-20(49)11-13-48)32(51)22-8-2-1-7-21(22)31(24)50/h1-4,7-10,13-14,19-20,27-28,33-35,40,47,49,52-54H,5-6,11-12,15-18H2,(H2,42,45,55)/p+1. The van der Waals surface area contributed by atoms with Gasteiger partial charge in [0.1, 0.15) is 43.0 Å². The molecule has 308 valence electrons. The fourth-order valence-corrected chi connectivity index (χ4v) is 8.36. The zero-order chi connectivity index (χ0) is 41.5. The third-order valence-electron chi connectivity index (χ3n) is 11.2. The van der Waals surface area contributed by atoms with Crippen LogP contribution in [-0.4, -0.2) is 137 Å². The molecule has 9 atom stereocenters. The number of para-hydroxylation sites is 1. The summed E-state index contributed by atoms with van der Waals surface area (Å²) >= 11 is 0. The summed E-state index contributed by atoms with van der Waals surface area (Å²) in [5, 5.41) is 64.7. The van der Waals surface area contributed by atoms with Crippen molar-refractivity contribution in [3.63, 3.8) is 0 Å². The molecule has 1 fully saturated rings. The number of amides is 1. The molecule has 0 spiro atoms. The number of nitrogens with one attached hydrogen (secondary N) is 3. The lowest BCUT2D eigenvalue weighted by atomic mass is 9.74. The number of amidine groups is 1.